The van der Waals surface area contributed by atoms with Crippen molar-refractivity contribution in [3.63, 3.8) is 0 Å². The lowest BCUT2D eigenvalue weighted by Gasteiger charge is -2.17. The summed E-state index contributed by atoms with van der Waals surface area (Å²) >= 11 is 1.56. The predicted octanol–water partition coefficient (Wildman–Crippen LogP) is 4.75. The van der Waals surface area contributed by atoms with Crippen molar-refractivity contribution in [3.8, 4) is 11.1 Å². The van der Waals surface area contributed by atoms with E-state index in [4.69, 9.17) is 0 Å². The van der Waals surface area contributed by atoms with Crippen molar-refractivity contribution in [1.29, 1.82) is 0 Å². The fourth-order valence-electron chi connectivity index (χ4n) is 3.66. The number of nitrogens with zero attached hydrogens (tertiary/aromatic N) is 1. The molecule has 0 saturated carbocycles. The molecule has 4 rings (SSSR count). The van der Waals surface area contributed by atoms with Gasteiger partial charge in [-0.25, -0.2) is 4.79 Å². The highest BCUT2D eigenvalue weighted by Gasteiger charge is 2.41. The normalized spacial score (nSPS) is 18.8. The average Bonchev–Trinajstić information content (AvgIpc) is 3.38. The molecule has 2 N–H and O–H groups in total. The molecule has 3 aromatic rings. The topological polar surface area (TPSA) is 69.6 Å². The van der Waals surface area contributed by atoms with Crippen LogP contribution in [0, 0.1) is 5.92 Å². The first-order valence-corrected chi connectivity index (χ1v) is 9.97. The van der Waals surface area contributed by atoms with Crippen molar-refractivity contribution in [2.45, 2.75) is 5.92 Å². The van der Waals surface area contributed by atoms with Gasteiger partial charge in [0.1, 0.15) is 0 Å². The van der Waals surface area contributed by atoms with Crippen molar-refractivity contribution in [3.05, 3.63) is 77.0 Å². The second kappa shape index (κ2) is 7.86. The van der Waals surface area contributed by atoms with E-state index in [1.807, 2.05) is 72.1 Å². The zero-order valence-electron chi connectivity index (χ0n) is 15.1. The summed E-state index contributed by atoms with van der Waals surface area (Å²) in [6, 6.07) is 21.6. The number of likely N-dealkylation sites (tertiary alicyclic amines) is 1. The van der Waals surface area contributed by atoms with Gasteiger partial charge in [-0.3, -0.25) is 4.79 Å². The summed E-state index contributed by atoms with van der Waals surface area (Å²) < 4.78 is 0. The second-order valence-corrected chi connectivity index (χ2v) is 7.83. The molecule has 2 aromatic carbocycles. The van der Waals surface area contributed by atoms with Crippen molar-refractivity contribution in [2.24, 2.45) is 5.92 Å². The van der Waals surface area contributed by atoms with Gasteiger partial charge in [-0.15, -0.1) is 11.3 Å². The van der Waals surface area contributed by atoms with Crippen molar-refractivity contribution < 1.29 is 14.7 Å². The van der Waals surface area contributed by atoms with E-state index < -0.39 is 12.0 Å². The van der Waals surface area contributed by atoms with Gasteiger partial charge < -0.3 is 15.3 Å². The molecule has 1 saturated heterocycles. The Balaban J connectivity index is 1.55. The number of amides is 2. The van der Waals surface area contributed by atoms with Crippen LogP contribution >= 0.6 is 11.3 Å². The summed E-state index contributed by atoms with van der Waals surface area (Å²) in [5.74, 6) is -0.670. The van der Waals surface area contributed by atoms with Crippen LogP contribution in [0.25, 0.3) is 11.1 Å². The van der Waals surface area contributed by atoms with Gasteiger partial charge in [0.05, 0.1) is 5.92 Å². The molecule has 2 atom stereocenters. The van der Waals surface area contributed by atoms with Crippen LogP contribution in [0.3, 0.4) is 0 Å². The number of carboxylic acid groups (broad SMARTS) is 1. The molecule has 1 aliphatic rings. The van der Waals surface area contributed by atoms with Crippen LogP contribution in [0.2, 0.25) is 0 Å². The van der Waals surface area contributed by atoms with Gasteiger partial charge in [0, 0.05) is 29.6 Å². The molecule has 1 fully saturated rings. The molecular weight excluding hydrogens is 372 g/mol. The maximum Gasteiger partial charge on any atom is 0.407 e. The number of hydrogen-bond donors (Lipinski definition) is 2. The molecule has 0 radical (unpaired) electrons. The average molecular weight is 392 g/mol. The van der Waals surface area contributed by atoms with Crippen molar-refractivity contribution in [1.82, 2.24) is 4.90 Å². The van der Waals surface area contributed by atoms with E-state index in [1.165, 1.54) is 4.90 Å². The SMILES string of the molecule is O=C(Nc1cccc(-c2ccccc2)c1)[C@@H]1CN(C(=O)O)C[C@H]1c1cccs1. The Morgan fingerprint density at radius 3 is 2.46 bits per heavy atom. The number of hydrogen-bond acceptors (Lipinski definition) is 3. The Morgan fingerprint density at radius 1 is 0.964 bits per heavy atom. The Bertz CT molecular complexity index is 972. The quantitative estimate of drug-likeness (QED) is 0.673. The van der Waals surface area contributed by atoms with E-state index in [1.54, 1.807) is 11.3 Å². The standard InChI is InChI=1S/C22H20N2O3S/c25-21(19-14-24(22(26)27)13-18(19)20-10-5-11-28-20)23-17-9-4-8-16(12-17)15-6-2-1-3-7-15/h1-12,18-19H,13-14H2,(H,23,25)(H,26,27)/t18-,19-/m1/s1. The van der Waals surface area contributed by atoms with Gasteiger partial charge in [0.15, 0.2) is 0 Å². The minimum atomic E-state index is -0.983. The molecule has 0 bridgehead atoms. The lowest BCUT2D eigenvalue weighted by molar-refractivity contribution is -0.119. The van der Waals surface area contributed by atoms with Crippen molar-refractivity contribution in [2.75, 3.05) is 18.4 Å². The lowest BCUT2D eigenvalue weighted by Crippen LogP contribution is -2.30. The van der Waals surface area contributed by atoms with Crippen LogP contribution in [0.4, 0.5) is 10.5 Å². The van der Waals surface area contributed by atoms with Crippen LogP contribution in [-0.4, -0.2) is 35.1 Å². The van der Waals surface area contributed by atoms with E-state index in [0.29, 0.717) is 12.2 Å². The van der Waals surface area contributed by atoms with E-state index >= 15 is 0 Å². The molecule has 2 heterocycles. The third-order valence-corrected chi connectivity index (χ3v) is 6.08. The summed E-state index contributed by atoms with van der Waals surface area (Å²) in [6.07, 6.45) is -0.983. The lowest BCUT2D eigenvalue weighted by atomic mass is 9.93. The first-order chi connectivity index (χ1) is 13.6. The summed E-state index contributed by atoms with van der Waals surface area (Å²) in [7, 11) is 0. The largest absolute Gasteiger partial charge is 0.465 e. The highest BCUT2D eigenvalue weighted by atomic mass is 32.1. The van der Waals surface area contributed by atoms with Gasteiger partial charge in [0.2, 0.25) is 5.91 Å². The Hall–Kier alpha value is -3.12. The van der Waals surface area contributed by atoms with Crippen LogP contribution in [0.5, 0.6) is 0 Å². The van der Waals surface area contributed by atoms with Crippen LogP contribution in [0.15, 0.2) is 72.1 Å². The monoisotopic (exact) mass is 392 g/mol. The fraction of sp³-hybridized carbons (Fsp3) is 0.182. The highest BCUT2D eigenvalue weighted by molar-refractivity contribution is 7.10. The summed E-state index contributed by atoms with van der Waals surface area (Å²) in [6.45, 7) is 0.556. The maximum atomic E-state index is 13.0. The first kappa shape index (κ1) is 18.3. The molecule has 28 heavy (non-hydrogen) atoms. The Labute approximate surface area is 167 Å². The van der Waals surface area contributed by atoms with Crippen LogP contribution in [-0.2, 0) is 4.79 Å². The fourth-order valence-corrected chi connectivity index (χ4v) is 4.54. The van der Waals surface area contributed by atoms with E-state index in [2.05, 4.69) is 5.32 Å². The summed E-state index contributed by atoms with van der Waals surface area (Å²) in [5, 5.41) is 14.3. The summed E-state index contributed by atoms with van der Waals surface area (Å²) in [5.41, 5.74) is 2.81. The van der Waals surface area contributed by atoms with Crippen molar-refractivity contribution >= 4 is 29.0 Å². The smallest absolute Gasteiger partial charge is 0.407 e. The number of thiophene rings is 1. The summed E-state index contributed by atoms with van der Waals surface area (Å²) in [4.78, 5) is 26.8. The predicted molar refractivity (Wildman–Crippen MR) is 111 cm³/mol. The number of carbonyl (C=O) groups is 2. The third kappa shape index (κ3) is 3.77. The number of carbonyl (C=O) groups excluding carboxylic acids is 1. The van der Waals surface area contributed by atoms with E-state index in [9.17, 15) is 14.7 Å². The van der Waals surface area contributed by atoms with Crippen LogP contribution in [0.1, 0.15) is 10.8 Å². The van der Waals surface area contributed by atoms with Crippen LogP contribution < -0.4 is 5.32 Å². The number of nitrogens with one attached hydrogen (secondary N) is 1. The minimum Gasteiger partial charge on any atom is -0.465 e. The molecule has 0 spiro atoms. The highest BCUT2D eigenvalue weighted by Crippen LogP contribution is 2.36. The van der Waals surface area contributed by atoms with Gasteiger partial charge in [-0.1, -0.05) is 48.5 Å². The van der Waals surface area contributed by atoms with Gasteiger partial charge >= 0.3 is 6.09 Å². The molecule has 0 unspecified atom stereocenters. The zero-order valence-corrected chi connectivity index (χ0v) is 15.9. The molecule has 1 aliphatic heterocycles. The minimum absolute atomic E-state index is 0.117. The Kier molecular flexibility index (Phi) is 5.12. The van der Waals surface area contributed by atoms with Gasteiger partial charge in [-0.2, -0.15) is 0 Å². The van der Waals surface area contributed by atoms with Gasteiger partial charge in [-0.05, 0) is 34.7 Å². The van der Waals surface area contributed by atoms with E-state index in [0.717, 1.165) is 16.0 Å². The third-order valence-electron chi connectivity index (χ3n) is 5.07. The van der Waals surface area contributed by atoms with Gasteiger partial charge in [0.25, 0.3) is 0 Å². The molecule has 2 amide bonds. The molecule has 6 heteroatoms. The number of rotatable bonds is 4. The maximum absolute atomic E-state index is 13.0. The molecule has 1 aromatic heterocycles. The first-order valence-electron chi connectivity index (χ1n) is 9.09. The molecular formula is C22H20N2O3S. The number of anilines is 1. The zero-order chi connectivity index (χ0) is 19.5. The second-order valence-electron chi connectivity index (χ2n) is 6.85. The molecule has 142 valence electrons. The molecule has 5 nitrogen and oxygen atoms in total. The van der Waals surface area contributed by atoms with E-state index in [-0.39, 0.29) is 18.4 Å². The Morgan fingerprint density at radius 2 is 1.75 bits per heavy atom. The molecule has 0 aliphatic carbocycles. The number of benzene rings is 2.